The number of hydrogen-bond donors (Lipinski definition) is 0. The quantitative estimate of drug-likeness (QED) is 0.445. The number of aromatic nitrogens is 5. The van der Waals surface area contributed by atoms with Gasteiger partial charge >= 0.3 is 6.18 Å². The molecule has 1 aliphatic heterocycles. The average Bonchev–Trinajstić information content (AvgIpc) is 3.62. The van der Waals surface area contributed by atoms with Crippen LogP contribution in [0.3, 0.4) is 0 Å². The highest BCUT2D eigenvalue weighted by Gasteiger charge is 2.79. The van der Waals surface area contributed by atoms with Crippen LogP contribution in [0.5, 0.6) is 0 Å². The number of hydrogen-bond acceptors (Lipinski definition) is 6. The Kier molecular flexibility index (Phi) is 4.98. The van der Waals surface area contributed by atoms with Crippen LogP contribution < -0.4 is 5.56 Å². The molecule has 8 rings (SSSR count). The topological polar surface area (TPSA) is 82.8 Å². The van der Waals surface area contributed by atoms with Crippen molar-refractivity contribution >= 4 is 11.2 Å². The molecule has 0 aromatic carbocycles. The molecule has 38 heavy (non-hydrogen) atoms. The molecular weight excluding hydrogens is 495 g/mol. The number of pyridine rings is 1. The van der Waals surface area contributed by atoms with E-state index in [0.29, 0.717) is 35.5 Å². The lowest BCUT2D eigenvalue weighted by atomic mass is 9.34. The second-order valence-corrected chi connectivity index (χ2v) is 12.1. The van der Waals surface area contributed by atoms with Crippen molar-refractivity contribution in [3.63, 3.8) is 0 Å². The Morgan fingerprint density at radius 3 is 2.39 bits per heavy atom. The molecule has 200 valence electrons. The van der Waals surface area contributed by atoms with Gasteiger partial charge in [0.2, 0.25) is 0 Å². The first-order valence-corrected chi connectivity index (χ1v) is 13.4. The van der Waals surface area contributed by atoms with E-state index in [0.717, 1.165) is 29.8 Å². The maximum Gasteiger partial charge on any atom is 0.394 e. The molecule has 3 atom stereocenters. The standard InChI is InChI=1S/C28H30F3N5O2/c1-14-8-18(9-20(38-14)17-4-7-21(37)36(10-17)19-5-6-19)24-34-23(22-25(35-24)33-16(3)15(2)32-22)26-11-27(12-26,13-26)28(29,30)31/h4,7,10,14,18-20H,5-6,8-9,11-13H2,1-3H3/t14-,18+,20-,26?,27?/m1/s1. The van der Waals surface area contributed by atoms with Crippen LogP contribution >= 0.6 is 0 Å². The third-order valence-electron chi connectivity index (χ3n) is 9.24. The van der Waals surface area contributed by atoms with Gasteiger partial charge in [0.15, 0.2) is 5.65 Å². The lowest BCUT2D eigenvalue weighted by Gasteiger charge is -2.70. The van der Waals surface area contributed by atoms with Crippen molar-refractivity contribution < 1.29 is 17.9 Å². The summed E-state index contributed by atoms with van der Waals surface area (Å²) in [7, 11) is 0. The van der Waals surface area contributed by atoms with Gasteiger partial charge in [0.1, 0.15) is 11.3 Å². The lowest BCUT2D eigenvalue weighted by molar-refractivity contribution is -0.337. The Morgan fingerprint density at radius 2 is 1.71 bits per heavy atom. The molecule has 0 unspecified atom stereocenters. The summed E-state index contributed by atoms with van der Waals surface area (Å²) in [5.74, 6) is 0.548. The molecular formula is C28H30F3N5O2. The third kappa shape index (κ3) is 3.55. The Labute approximate surface area is 217 Å². The van der Waals surface area contributed by atoms with Gasteiger partial charge in [0.25, 0.3) is 5.56 Å². The molecule has 0 amide bonds. The Bertz CT molecular complexity index is 1510. The Balaban J connectivity index is 1.26. The molecule has 0 radical (unpaired) electrons. The third-order valence-corrected chi connectivity index (χ3v) is 9.24. The molecule has 3 aromatic heterocycles. The zero-order chi connectivity index (χ0) is 26.6. The van der Waals surface area contributed by atoms with Crippen molar-refractivity contribution in [2.45, 2.75) is 101 Å². The van der Waals surface area contributed by atoms with E-state index >= 15 is 0 Å². The summed E-state index contributed by atoms with van der Waals surface area (Å²) in [5.41, 5.74) is 1.84. The molecule has 4 saturated carbocycles. The van der Waals surface area contributed by atoms with E-state index in [4.69, 9.17) is 19.7 Å². The van der Waals surface area contributed by atoms with E-state index in [9.17, 15) is 18.0 Å². The number of halogens is 3. The molecule has 4 aliphatic carbocycles. The molecule has 5 fully saturated rings. The van der Waals surface area contributed by atoms with E-state index in [-0.39, 0.29) is 49.0 Å². The highest BCUT2D eigenvalue weighted by Crippen LogP contribution is 2.78. The van der Waals surface area contributed by atoms with Crippen LogP contribution in [0.4, 0.5) is 13.2 Å². The highest BCUT2D eigenvalue weighted by atomic mass is 19.4. The van der Waals surface area contributed by atoms with Crippen molar-refractivity contribution in [1.29, 1.82) is 0 Å². The highest BCUT2D eigenvalue weighted by molar-refractivity contribution is 5.75. The van der Waals surface area contributed by atoms with Crippen molar-refractivity contribution in [2.24, 2.45) is 5.41 Å². The van der Waals surface area contributed by atoms with Crippen LogP contribution in [0.25, 0.3) is 11.2 Å². The summed E-state index contributed by atoms with van der Waals surface area (Å²) in [6.07, 6.45) is 0.928. The van der Waals surface area contributed by atoms with E-state index < -0.39 is 17.0 Å². The van der Waals surface area contributed by atoms with E-state index in [1.54, 1.807) is 10.6 Å². The molecule has 0 N–H and O–H groups in total. The summed E-state index contributed by atoms with van der Waals surface area (Å²) in [6.45, 7) is 5.73. The molecule has 7 nitrogen and oxygen atoms in total. The number of fused-ring (bicyclic) bond motifs is 1. The second kappa shape index (κ2) is 7.83. The van der Waals surface area contributed by atoms with Crippen LogP contribution in [0.15, 0.2) is 23.1 Å². The first-order chi connectivity index (χ1) is 18.0. The zero-order valence-corrected chi connectivity index (χ0v) is 21.7. The maximum absolute atomic E-state index is 13.7. The van der Waals surface area contributed by atoms with Crippen LogP contribution in [0.2, 0.25) is 0 Å². The van der Waals surface area contributed by atoms with Gasteiger partial charge in [0, 0.05) is 29.6 Å². The van der Waals surface area contributed by atoms with Gasteiger partial charge in [-0.15, -0.1) is 0 Å². The summed E-state index contributed by atoms with van der Waals surface area (Å²) >= 11 is 0. The SMILES string of the molecule is Cc1nc2nc([C@H]3C[C@@H](C)O[C@@H](c4ccc(=O)n(C5CC5)c4)C3)nc(C34CC(C(F)(F)F)(C3)C4)c2nc1C. The minimum absolute atomic E-state index is 0.00131. The number of nitrogens with zero attached hydrogens (tertiary/aromatic N) is 5. The molecule has 2 bridgehead atoms. The van der Waals surface area contributed by atoms with Crippen molar-refractivity contribution in [2.75, 3.05) is 0 Å². The molecule has 4 heterocycles. The average molecular weight is 526 g/mol. The first kappa shape index (κ1) is 24.2. The van der Waals surface area contributed by atoms with Gasteiger partial charge in [0.05, 0.1) is 34.7 Å². The Hall–Kier alpha value is -2.88. The molecule has 10 heteroatoms. The summed E-state index contributed by atoms with van der Waals surface area (Å²) in [4.78, 5) is 31.5. The fourth-order valence-electron chi connectivity index (χ4n) is 6.94. The maximum atomic E-state index is 13.7. The fourth-order valence-corrected chi connectivity index (χ4v) is 6.94. The second-order valence-electron chi connectivity index (χ2n) is 12.1. The van der Waals surface area contributed by atoms with E-state index in [2.05, 4.69) is 4.98 Å². The smallest absolute Gasteiger partial charge is 0.370 e. The minimum atomic E-state index is -4.20. The zero-order valence-electron chi connectivity index (χ0n) is 21.7. The fraction of sp³-hybridized carbons (Fsp3) is 0.607. The van der Waals surface area contributed by atoms with Gasteiger partial charge in [-0.3, -0.25) is 4.79 Å². The van der Waals surface area contributed by atoms with Crippen LogP contribution in [-0.4, -0.2) is 36.8 Å². The largest absolute Gasteiger partial charge is 0.394 e. The predicted molar refractivity (Wildman–Crippen MR) is 133 cm³/mol. The monoisotopic (exact) mass is 525 g/mol. The van der Waals surface area contributed by atoms with Crippen molar-refractivity contribution in [3.8, 4) is 0 Å². The van der Waals surface area contributed by atoms with Crippen LogP contribution in [0, 0.1) is 19.3 Å². The van der Waals surface area contributed by atoms with Gasteiger partial charge in [-0.25, -0.2) is 19.9 Å². The van der Waals surface area contributed by atoms with Gasteiger partial charge in [-0.1, -0.05) is 0 Å². The van der Waals surface area contributed by atoms with Gasteiger partial charge in [-0.05, 0) is 77.3 Å². The van der Waals surface area contributed by atoms with Crippen molar-refractivity contribution in [3.05, 3.63) is 57.2 Å². The number of aryl methyl sites for hydroxylation is 2. The number of rotatable bonds is 4. The minimum Gasteiger partial charge on any atom is -0.370 e. The molecule has 5 aliphatic rings. The molecule has 1 saturated heterocycles. The normalized spacial score (nSPS) is 32.6. The van der Waals surface area contributed by atoms with Crippen LogP contribution in [-0.2, 0) is 10.2 Å². The van der Waals surface area contributed by atoms with Crippen LogP contribution in [0.1, 0.15) is 98.4 Å². The predicted octanol–water partition coefficient (Wildman–Crippen LogP) is 5.54. The summed E-state index contributed by atoms with van der Waals surface area (Å²) in [6, 6.07) is 3.71. The molecule has 0 spiro atoms. The molecule has 3 aromatic rings. The lowest BCUT2D eigenvalue weighted by Crippen LogP contribution is -2.70. The van der Waals surface area contributed by atoms with Gasteiger partial charge < -0.3 is 9.30 Å². The first-order valence-electron chi connectivity index (χ1n) is 13.4. The van der Waals surface area contributed by atoms with E-state index in [1.165, 1.54) is 0 Å². The number of alkyl halides is 3. The number of ether oxygens (including phenoxy) is 1. The summed E-state index contributed by atoms with van der Waals surface area (Å²) in [5, 5.41) is 0. The summed E-state index contributed by atoms with van der Waals surface area (Å²) < 4.78 is 49.1. The van der Waals surface area contributed by atoms with Gasteiger partial charge in [-0.2, -0.15) is 13.2 Å². The Morgan fingerprint density at radius 1 is 1.00 bits per heavy atom. The van der Waals surface area contributed by atoms with Crippen molar-refractivity contribution in [1.82, 2.24) is 24.5 Å². The van der Waals surface area contributed by atoms with E-state index in [1.807, 2.05) is 33.0 Å².